The van der Waals surface area contributed by atoms with Crippen LogP contribution in [0.4, 0.5) is 0 Å². The molecule has 7 nitrogen and oxygen atoms in total. The summed E-state index contributed by atoms with van der Waals surface area (Å²) in [6.45, 7) is 0.538. The second-order valence-electron chi connectivity index (χ2n) is 5.71. The van der Waals surface area contributed by atoms with E-state index in [1.807, 2.05) is 24.3 Å². The molecular formula is C19H20N2O5. The third kappa shape index (κ3) is 4.44. The van der Waals surface area contributed by atoms with Crippen LogP contribution in [0.1, 0.15) is 10.4 Å². The molecule has 0 saturated carbocycles. The number of hydrogen-bond acceptors (Lipinski definition) is 5. The summed E-state index contributed by atoms with van der Waals surface area (Å²) >= 11 is 0. The average Bonchev–Trinajstić information content (AvgIpc) is 2.70. The van der Waals surface area contributed by atoms with Crippen LogP contribution in [0.3, 0.4) is 0 Å². The van der Waals surface area contributed by atoms with Crippen LogP contribution in [-0.2, 0) is 4.79 Å². The highest BCUT2D eigenvalue weighted by Gasteiger charge is 2.21. The van der Waals surface area contributed by atoms with Crippen molar-refractivity contribution in [3.8, 4) is 17.2 Å². The molecule has 0 radical (unpaired) electrons. The fraction of sp³-hybridized carbons (Fsp3) is 0.263. The van der Waals surface area contributed by atoms with Crippen molar-refractivity contribution in [2.45, 2.75) is 6.10 Å². The molecule has 0 bridgehead atoms. The highest BCUT2D eigenvalue weighted by atomic mass is 16.6. The van der Waals surface area contributed by atoms with Crippen molar-refractivity contribution in [3.05, 3.63) is 54.1 Å². The van der Waals surface area contributed by atoms with Crippen molar-refractivity contribution in [3.63, 3.8) is 0 Å². The molecule has 0 unspecified atom stereocenters. The Hall–Kier alpha value is -3.22. The molecule has 3 rings (SSSR count). The Balaban J connectivity index is 1.41. The molecule has 1 heterocycles. The Bertz CT molecular complexity index is 776. The van der Waals surface area contributed by atoms with Crippen LogP contribution in [0.15, 0.2) is 48.5 Å². The van der Waals surface area contributed by atoms with E-state index in [0.29, 0.717) is 36.0 Å². The molecule has 7 heteroatoms. The summed E-state index contributed by atoms with van der Waals surface area (Å²) in [5.74, 6) is 1.39. The van der Waals surface area contributed by atoms with Gasteiger partial charge in [0.1, 0.15) is 18.5 Å². The highest BCUT2D eigenvalue weighted by Crippen LogP contribution is 2.30. The van der Waals surface area contributed by atoms with E-state index in [4.69, 9.17) is 14.2 Å². The molecule has 136 valence electrons. The first-order valence-corrected chi connectivity index (χ1v) is 8.23. The van der Waals surface area contributed by atoms with Crippen molar-refractivity contribution < 1.29 is 23.8 Å². The van der Waals surface area contributed by atoms with E-state index in [9.17, 15) is 9.59 Å². The number of fused-ring (bicyclic) bond motifs is 1. The number of para-hydroxylation sites is 2. The van der Waals surface area contributed by atoms with Gasteiger partial charge in [-0.2, -0.15) is 0 Å². The second-order valence-corrected chi connectivity index (χ2v) is 5.71. The van der Waals surface area contributed by atoms with Gasteiger partial charge in [0.2, 0.25) is 5.91 Å². The zero-order valence-electron chi connectivity index (χ0n) is 14.4. The molecule has 0 saturated heterocycles. The van der Waals surface area contributed by atoms with E-state index in [1.54, 1.807) is 31.4 Å². The van der Waals surface area contributed by atoms with E-state index >= 15 is 0 Å². The van der Waals surface area contributed by atoms with Crippen molar-refractivity contribution in [2.75, 3.05) is 26.8 Å². The number of rotatable bonds is 6. The number of ether oxygens (including phenoxy) is 3. The fourth-order valence-electron chi connectivity index (χ4n) is 2.46. The Kier molecular flexibility index (Phi) is 5.58. The maximum Gasteiger partial charge on any atom is 0.251 e. The standard InChI is InChI=1S/C19H20N2O5/c1-24-14-8-6-13(7-9-14)19(23)21-11-18(22)20-10-15-12-25-16-4-2-3-5-17(16)26-15/h2-9,15H,10-12H2,1H3,(H,20,22)(H,21,23)/t15-/m0/s1. The first kappa shape index (κ1) is 17.6. The monoisotopic (exact) mass is 356 g/mol. The molecule has 0 spiro atoms. The predicted molar refractivity (Wildman–Crippen MR) is 94.7 cm³/mol. The summed E-state index contributed by atoms with van der Waals surface area (Å²) in [6, 6.07) is 14.0. The van der Waals surface area contributed by atoms with Crippen molar-refractivity contribution >= 4 is 11.8 Å². The minimum Gasteiger partial charge on any atom is -0.497 e. The van der Waals surface area contributed by atoms with Gasteiger partial charge < -0.3 is 24.8 Å². The predicted octanol–water partition coefficient (Wildman–Crippen LogP) is 1.38. The van der Waals surface area contributed by atoms with Gasteiger partial charge in [-0.25, -0.2) is 0 Å². The molecule has 2 aromatic rings. The van der Waals surface area contributed by atoms with E-state index in [2.05, 4.69) is 10.6 Å². The van der Waals surface area contributed by atoms with Crippen LogP contribution in [0.2, 0.25) is 0 Å². The Morgan fingerprint density at radius 1 is 1.08 bits per heavy atom. The number of amides is 2. The van der Waals surface area contributed by atoms with Gasteiger partial charge in [0.15, 0.2) is 11.5 Å². The van der Waals surface area contributed by atoms with Crippen LogP contribution < -0.4 is 24.8 Å². The van der Waals surface area contributed by atoms with Gasteiger partial charge in [-0.15, -0.1) is 0 Å². The highest BCUT2D eigenvalue weighted by molar-refractivity contribution is 5.96. The first-order valence-electron chi connectivity index (χ1n) is 8.23. The third-order valence-electron chi connectivity index (χ3n) is 3.86. The van der Waals surface area contributed by atoms with Crippen LogP contribution in [-0.4, -0.2) is 44.7 Å². The summed E-state index contributed by atoms with van der Waals surface area (Å²) in [7, 11) is 1.55. The van der Waals surface area contributed by atoms with Crippen LogP contribution in [0.25, 0.3) is 0 Å². The Morgan fingerprint density at radius 3 is 2.54 bits per heavy atom. The Labute approximate surface area is 151 Å². The van der Waals surface area contributed by atoms with Crippen molar-refractivity contribution in [1.29, 1.82) is 0 Å². The summed E-state index contributed by atoms with van der Waals surface area (Å²) in [5.41, 5.74) is 0.458. The van der Waals surface area contributed by atoms with Crippen molar-refractivity contribution in [1.82, 2.24) is 10.6 Å². The van der Waals surface area contributed by atoms with Gasteiger partial charge in [0.25, 0.3) is 5.91 Å². The van der Waals surface area contributed by atoms with E-state index in [0.717, 1.165) is 0 Å². The lowest BCUT2D eigenvalue weighted by molar-refractivity contribution is -0.120. The SMILES string of the molecule is COc1ccc(C(=O)NCC(=O)NC[C@H]2COc3ccccc3O2)cc1. The molecule has 2 aromatic carbocycles. The first-order chi connectivity index (χ1) is 12.7. The van der Waals surface area contributed by atoms with Gasteiger partial charge >= 0.3 is 0 Å². The molecular weight excluding hydrogens is 336 g/mol. The molecule has 2 amide bonds. The normalized spacial score (nSPS) is 15.0. The van der Waals surface area contributed by atoms with Gasteiger partial charge in [0.05, 0.1) is 20.2 Å². The zero-order valence-corrected chi connectivity index (χ0v) is 14.4. The lowest BCUT2D eigenvalue weighted by Gasteiger charge is -2.26. The minimum absolute atomic E-state index is 0.116. The summed E-state index contributed by atoms with van der Waals surface area (Å²) < 4.78 is 16.4. The second kappa shape index (κ2) is 8.24. The van der Waals surface area contributed by atoms with E-state index < -0.39 is 0 Å². The molecule has 1 aliphatic heterocycles. The number of carbonyl (C=O) groups is 2. The molecule has 0 aliphatic carbocycles. The van der Waals surface area contributed by atoms with Crippen LogP contribution in [0.5, 0.6) is 17.2 Å². The van der Waals surface area contributed by atoms with Crippen LogP contribution in [0, 0.1) is 0 Å². The minimum atomic E-state index is -0.325. The number of benzene rings is 2. The molecule has 26 heavy (non-hydrogen) atoms. The van der Waals surface area contributed by atoms with E-state index in [-0.39, 0.29) is 24.5 Å². The summed E-state index contributed by atoms with van der Waals surface area (Å²) in [4.78, 5) is 23.9. The quantitative estimate of drug-likeness (QED) is 0.817. The summed E-state index contributed by atoms with van der Waals surface area (Å²) in [5, 5.41) is 5.31. The van der Waals surface area contributed by atoms with Gasteiger partial charge in [0, 0.05) is 5.56 Å². The Morgan fingerprint density at radius 2 is 1.81 bits per heavy atom. The smallest absolute Gasteiger partial charge is 0.251 e. The third-order valence-corrected chi connectivity index (χ3v) is 3.86. The van der Waals surface area contributed by atoms with Crippen molar-refractivity contribution in [2.24, 2.45) is 0 Å². The van der Waals surface area contributed by atoms with Gasteiger partial charge in [-0.1, -0.05) is 12.1 Å². The van der Waals surface area contributed by atoms with Crippen LogP contribution >= 0.6 is 0 Å². The largest absolute Gasteiger partial charge is 0.497 e. The summed E-state index contributed by atoms with van der Waals surface area (Å²) in [6.07, 6.45) is -0.272. The average molecular weight is 356 g/mol. The topological polar surface area (TPSA) is 85.9 Å². The number of methoxy groups -OCH3 is 1. The molecule has 0 fully saturated rings. The number of carbonyl (C=O) groups excluding carboxylic acids is 2. The maximum absolute atomic E-state index is 12.0. The van der Waals surface area contributed by atoms with Gasteiger partial charge in [-0.3, -0.25) is 9.59 Å². The maximum atomic E-state index is 12.0. The molecule has 1 aliphatic rings. The fourth-order valence-corrected chi connectivity index (χ4v) is 2.46. The lowest BCUT2D eigenvalue weighted by Crippen LogP contribution is -2.44. The molecule has 1 atom stereocenters. The molecule has 2 N–H and O–H groups in total. The number of hydrogen-bond donors (Lipinski definition) is 2. The zero-order chi connectivity index (χ0) is 18.4. The molecule has 0 aromatic heterocycles. The van der Waals surface area contributed by atoms with E-state index in [1.165, 1.54) is 0 Å². The number of nitrogens with one attached hydrogen (secondary N) is 2. The lowest BCUT2D eigenvalue weighted by atomic mass is 10.2. The van der Waals surface area contributed by atoms with Gasteiger partial charge in [-0.05, 0) is 36.4 Å².